The van der Waals surface area contributed by atoms with Crippen LogP contribution in [0.25, 0.3) is 11.1 Å². The number of aromatic nitrogens is 2. The third kappa shape index (κ3) is 3.68. The van der Waals surface area contributed by atoms with Crippen LogP contribution in [0.4, 0.5) is 0 Å². The van der Waals surface area contributed by atoms with Crippen LogP contribution in [0, 0.1) is 0 Å². The Morgan fingerprint density at radius 2 is 2.15 bits per heavy atom. The standard InChI is InChI=1S/C14H15N3O3/c1-17-9-12(8-16-17)11-4-2-3-10(5-11)7-15-13(18)6-14(19)20/h2-5,8-9H,6-7H2,1H3,(H,15,18)(H,19,20). The molecule has 0 saturated heterocycles. The highest BCUT2D eigenvalue weighted by Gasteiger charge is 2.07. The Morgan fingerprint density at radius 3 is 2.80 bits per heavy atom. The number of aliphatic carboxylic acids is 1. The zero-order chi connectivity index (χ0) is 14.5. The predicted octanol–water partition coefficient (Wildman–Crippen LogP) is 1.18. The fourth-order valence-electron chi connectivity index (χ4n) is 1.83. The Hall–Kier alpha value is -2.63. The normalized spacial score (nSPS) is 10.2. The van der Waals surface area contributed by atoms with E-state index in [1.807, 2.05) is 37.5 Å². The van der Waals surface area contributed by atoms with E-state index in [0.717, 1.165) is 16.7 Å². The number of carbonyl (C=O) groups is 2. The van der Waals surface area contributed by atoms with Crippen molar-refractivity contribution in [3.8, 4) is 11.1 Å². The fraction of sp³-hybridized carbons (Fsp3) is 0.214. The van der Waals surface area contributed by atoms with Gasteiger partial charge < -0.3 is 10.4 Å². The van der Waals surface area contributed by atoms with Crippen LogP contribution in [0.1, 0.15) is 12.0 Å². The molecule has 1 aromatic heterocycles. The molecule has 1 aromatic carbocycles. The van der Waals surface area contributed by atoms with Crippen LogP contribution in [0.15, 0.2) is 36.7 Å². The lowest BCUT2D eigenvalue weighted by Crippen LogP contribution is -2.25. The molecule has 104 valence electrons. The molecular weight excluding hydrogens is 258 g/mol. The van der Waals surface area contributed by atoms with Gasteiger partial charge in [0.15, 0.2) is 0 Å². The molecule has 2 N–H and O–H groups in total. The highest BCUT2D eigenvalue weighted by Crippen LogP contribution is 2.19. The molecule has 0 bridgehead atoms. The second-order valence-electron chi connectivity index (χ2n) is 4.45. The minimum Gasteiger partial charge on any atom is -0.481 e. The molecule has 1 amide bonds. The molecule has 0 unspecified atom stereocenters. The zero-order valence-electron chi connectivity index (χ0n) is 11.0. The first-order valence-electron chi connectivity index (χ1n) is 6.11. The monoisotopic (exact) mass is 273 g/mol. The SMILES string of the molecule is Cn1cc(-c2cccc(CNC(=O)CC(=O)O)c2)cn1. The summed E-state index contributed by atoms with van der Waals surface area (Å²) in [6, 6.07) is 7.67. The van der Waals surface area contributed by atoms with Gasteiger partial charge >= 0.3 is 5.97 Å². The van der Waals surface area contributed by atoms with Crippen molar-refractivity contribution in [3.63, 3.8) is 0 Å². The van der Waals surface area contributed by atoms with Crippen molar-refractivity contribution in [2.45, 2.75) is 13.0 Å². The second kappa shape index (κ2) is 6.01. The number of amides is 1. The smallest absolute Gasteiger partial charge is 0.312 e. The number of hydrogen-bond donors (Lipinski definition) is 2. The maximum atomic E-state index is 11.3. The zero-order valence-corrected chi connectivity index (χ0v) is 11.0. The van der Waals surface area contributed by atoms with Crippen molar-refractivity contribution in [2.75, 3.05) is 0 Å². The van der Waals surface area contributed by atoms with Crippen molar-refractivity contribution in [2.24, 2.45) is 7.05 Å². The highest BCUT2D eigenvalue weighted by atomic mass is 16.4. The van der Waals surface area contributed by atoms with Crippen LogP contribution < -0.4 is 5.32 Å². The van der Waals surface area contributed by atoms with Gasteiger partial charge in [-0.1, -0.05) is 18.2 Å². The van der Waals surface area contributed by atoms with E-state index in [-0.39, 0.29) is 0 Å². The summed E-state index contributed by atoms with van der Waals surface area (Å²) in [7, 11) is 1.85. The average Bonchev–Trinajstić information content (AvgIpc) is 2.83. The topological polar surface area (TPSA) is 84.2 Å². The fourth-order valence-corrected chi connectivity index (χ4v) is 1.83. The molecule has 6 heteroatoms. The molecule has 0 saturated carbocycles. The third-order valence-electron chi connectivity index (χ3n) is 2.77. The lowest BCUT2D eigenvalue weighted by Gasteiger charge is -2.05. The Balaban J connectivity index is 2.03. The summed E-state index contributed by atoms with van der Waals surface area (Å²) in [4.78, 5) is 21.7. The maximum absolute atomic E-state index is 11.3. The molecule has 2 aromatic rings. The molecule has 20 heavy (non-hydrogen) atoms. The van der Waals surface area contributed by atoms with E-state index in [4.69, 9.17) is 5.11 Å². The molecular formula is C14H15N3O3. The number of carboxylic acids is 1. The number of carboxylic acid groups (broad SMARTS) is 1. The molecule has 6 nitrogen and oxygen atoms in total. The first-order chi connectivity index (χ1) is 9.54. The van der Waals surface area contributed by atoms with Gasteiger partial charge in [-0.15, -0.1) is 0 Å². The van der Waals surface area contributed by atoms with Gasteiger partial charge in [0.25, 0.3) is 0 Å². The Labute approximate surface area is 116 Å². The molecule has 0 atom stereocenters. The van der Waals surface area contributed by atoms with E-state index >= 15 is 0 Å². The molecule has 0 radical (unpaired) electrons. The summed E-state index contributed by atoms with van der Waals surface area (Å²) in [5.41, 5.74) is 2.90. The number of nitrogens with zero attached hydrogens (tertiary/aromatic N) is 2. The summed E-state index contributed by atoms with van der Waals surface area (Å²) >= 11 is 0. The number of aryl methyl sites for hydroxylation is 1. The largest absolute Gasteiger partial charge is 0.481 e. The van der Waals surface area contributed by atoms with Crippen LogP contribution in [-0.4, -0.2) is 26.8 Å². The Bertz CT molecular complexity index is 634. The lowest BCUT2D eigenvalue weighted by molar-refractivity contribution is -0.140. The van der Waals surface area contributed by atoms with Crippen molar-refractivity contribution in [1.82, 2.24) is 15.1 Å². The number of rotatable bonds is 5. The highest BCUT2D eigenvalue weighted by molar-refractivity contribution is 5.93. The quantitative estimate of drug-likeness (QED) is 0.801. The number of nitrogens with one attached hydrogen (secondary N) is 1. The van der Waals surface area contributed by atoms with Crippen LogP contribution in [0.2, 0.25) is 0 Å². The molecule has 1 heterocycles. The molecule has 0 aliphatic rings. The van der Waals surface area contributed by atoms with Crippen LogP contribution >= 0.6 is 0 Å². The van der Waals surface area contributed by atoms with E-state index in [1.165, 1.54) is 0 Å². The summed E-state index contributed by atoms with van der Waals surface area (Å²) in [6.45, 7) is 0.306. The molecule has 0 aliphatic heterocycles. The molecule has 0 aliphatic carbocycles. The summed E-state index contributed by atoms with van der Waals surface area (Å²) in [5.74, 6) is -1.63. The van der Waals surface area contributed by atoms with Gasteiger partial charge in [0.1, 0.15) is 6.42 Å². The first-order valence-corrected chi connectivity index (χ1v) is 6.11. The first kappa shape index (κ1) is 13.8. The number of hydrogen-bond acceptors (Lipinski definition) is 3. The van der Waals surface area contributed by atoms with Crippen LogP contribution in [0.5, 0.6) is 0 Å². The van der Waals surface area contributed by atoms with Gasteiger partial charge in [0.2, 0.25) is 5.91 Å². The molecule has 2 rings (SSSR count). The van der Waals surface area contributed by atoms with Crippen LogP contribution in [0.3, 0.4) is 0 Å². The summed E-state index contributed by atoms with van der Waals surface area (Å²) in [6.07, 6.45) is 3.16. The van der Waals surface area contributed by atoms with Gasteiger partial charge in [-0.25, -0.2) is 0 Å². The number of carbonyl (C=O) groups excluding carboxylic acids is 1. The molecule has 0 spiro atoms. The minimum atomic E-state index is -1.13. The third-order valence-corrected chi connectivity index (χ3v) is 2.77. The van der Waals surface area contributed by atoms with Gasteiger partial charge in [0.05, 0.1) is 6.20 Å². The lowest BCUT2D eigenvalue weighted by atomic mass is 10.1. The minimum absolute atomic E-state index is 0.306. The van der Waals surface area contributed by atoms with E-state index < -0.39 is 18.3 Å². The van der Waals surface area contributed by atoms with Gasteiger partial charge in [-0.2, -0.15) is 5.10 Å². The van der Waals surface area contributed by atoms with Crippen LogP contribution in [-0.2, 0) is 23.2 Å². The van der Waals surface area contributed by atoms with E-state index in [2.05, 4.69) is 10.4 Å². The van der Waals surface area contributed by atoms with Crippen molar-refractivity contribution in [1.29, 1.82) is 0 Å². The number of benzene rings is 1. The van der Waals surface area contributed by atoms with E-state index in [9.17, 15) is 9.59 Å². The Morgan fingerprint density at radius 1 is 1.35 bits per heavy atom. The van der Waals surface area contributed by atoms with Crippen molar-refractivity contribution >= 4 is 11.9 Å². The van der Waals surface area contributed by atoms with Crippen molar-refractivity contribution < 1.29 is 14.7 Å². The maximum Gasteiger partial charge on any atom is 0.312 e. The van der Waals surface area contributed by atoms with E-state index in [0.29, 0.717) is 6.54 Å². The second-order valence-corrected chi connectivity index (χ2v) is 4.45. The predicted molar refractivity (Wildman–Crippen MR) is 72.7 cm³/mol. The van der Waals surface area contributed by atoms with Crippen molar-refractivity contribution in [3.05, 3.63) is 42.2 Å². The molecule has 0 fully saturated rings. The summed E-state index contributed by atoms with van der Waals surface area (Å²) in [5, 5.41) is 15.2. The average molecular weight is 273 g/mol. The summed E-state index contributed by atoms with van der Waals surface area (Å²) < 4.78 is 1.72. The van der Waals surface area contributed by atoms with Gasteiger partial charge in [0, 0.05) is 25.4 Å². The van der Waals surface area contributed by atoms with Gasteiger partial charge in [-0.05, 0) is 17.2 Å². The van der Waals surface area contributed by atoms with Gasteiger partial charge in [-0.3, -0.25) is 14.3 Å². The van der Waals surface area contributed by atoms with E-state index in [1.54, 1.807) is 10.9 Å². The Kier molecular flexibility index (Phi) is 4.14.